The van der Waals surface area contributed by atoms with E-state index in [-0.39, 0.29) is 6.03 Å². The van der Waals surface area contributed by atoms with Crippen molar-refractivity contribution < 1.29 is 4.79 Å². The first-order valence-electron chi connectivity index (χ1n) is 5.24. The van der Waals surface area contributed by atoms with Crippen LogP contribution in [0.3, 0.4) is 0 Å². The molecular formula is C10H15N3O. The van der Waals surface area contributed by atoms with Crippen molar-refractivity contribution in [3.8, 4) is 6.07 Å². The molecule has 0 atom stereocenters. The molecule has 0 aromatic rings. The summed E-state index contributed by atoms with van der Waals surface area (Å²) in [6.45, 7) is 0. The summed E-state index contributed by atoms with van der Waals surface area (Å²) in [5.41, 5.74) is -0.584. The Morgan fingerprint density at radius 3 is 2.50 bits per heavy atom. The Morgan fingerprint density at radius 2 is 2.00 bits per heavy atom. The average Bonchev–Trinajstić information content (AvgIpc) is 2.83. The summed E-state index contributed by atoms with van der Waals surface area (Å²) in [5.74, 6) is 0. The molecule has 2 saturated carbocycles. The summed E-state index contributed by atoms with van der Waals surface area (Å²) in [6, 6.07) is 2.41. The van der Waals surface area contributed by atoms with Crippen LogP contribution >= 0.6 is 0 Å². The Morgan fingerprint density at radius 1 is 1.36 bits per heavy atom. The molecule has 0 aliphatic heterocycles. The highest BCUT2D eigenvalue weighted by molar-refractivity contribution is 5.76. The Bertz CT molecular complexity index is 272. The van der Waals surface area contributed by atoms with Gasteiger partial charge in [-0.3, -0.25) is 0 Å². The normalized spacial score (nSPS) is 23.9. The molecule has 14 heavy (non-hydrogen) atoms. The molecule has 2 rings (SSSR count). The van der Waals surface area contributed by atoms with Gasteiger partial charge < -0.3 is 10.6 Å². The monoisotopic (exact) mass is 193 g/mol. The van der Waals surface area contributed by atoms with Crippen LogP contribution in [0.25, 0.3) is 0 Å². The van der Waals surface area contributed by atoms with Crippen molar-refractivity contribution in [3.05, 3.63) is 0 Å². The minimum Gasteiger partial charge on any atom is -0.335 e. The Kier molecular flexibility index (Phi) is 2.32. The van der Waals surface area contributed by atoms with E-state index in [2.05, 4.69) is 16.7 Å². The third-order valence-electron chi connectivity index (χ3n) is 2.94. The van der Waals surface area contributed by atoms with Gasteiger partial charge in [-0.1, -0.05) is 0 Å². The number of nitrogens with one attached hydrogen (secondary N) is 2. The second kappa shape index (κ2) is 3.49. The predicted molar refractivity (Wildman–Crippen MR) is 51.5 cm³/mol. The zero-order valence-electron chi connectivity index (χ0n) is 8.18. The van der Waals surface area contributed by atoms with Gasteiger partial charge in [0.25, 0.3) is 0 Å². The van der Waals surface area contributed by atoms with Crippen LogP contribution in [-0.2, 0) is 0 Å². The zero-order chi connectivity index (χ0) is 10.0. The number of amides is 2. The molecule has 76 valence electrons. The number of rotatable bonds is 2. The van der Waals surface area contributed by atoms with E-state index >= 15 is 0 Å². The number of urea groups is 1. The fraction of sp³-hybridized carbons (Fsp3) is 0.800. The molecule has 2 amide bonds. The number of carbonyl (C=O) groups excluding carboxylic acids is 1. The molecule has 0 heterocycles. The SMILES string of the molecule is N#CC1(NC(=O)NC2CC2)CCCC1. The van der Waals surface area contributed by atoms with E-state index in [1.165, 1.54) is 0 Å². The first kappa shape index (κ1) is 9.32. The minimum absolute atomic E-state index is 0.170. The van der Waals surface area contributed by atoms with Crippen molar-refractivity contribution in [3.63, 3.8) is 0 Å². The molecule has 2 aliphatic carbocycles. The molecule has 0 unspecified atom stereocenters. The summed E-state index contributed by atoms with van der Waals surface area (Å²) in [6.07, 6.45) is 5.82. The lowest BCUT2D eigenvalue weighted by atomic mass is 10.0. The van der Waals surface area contributed by atoms with Gasteiger partial charge in [-0.2, -0.15) is 5.26 Å². The van der Waals surface area contributed by atoms with Gasteiger partial charge >= 0.3 is 6.03 Å². The van der Waals surface area contributed by atoms with E-state index in [4.69, 9.17) is 5.26 Å². The molecule has 4 heteroatoms. The van der Waals surface area contributed by atoms with E-state index in [9.17, 15) is 4.79 Å². The predicted octanol–water partition coefficient (Wildman–Crippen LogP) is 1.28. The van der Waals surface area contributed by atoms with Crippen molar-refractivity contribution in [2.75, 3.05) is 0 Å². The second-order valence-corrected chi connectivity index (χ2v) is 4.27. The van der Waals surface area contributed by atoms with E-state index in [0.717, 1.165) is 38.5 Å². The third-order valence-corrected chi connectivity index (χ3v) is 2.94. The molecule has 4 nitrogen and oxygen atoms in total. The quantitative estimate of drug-likeness (QED) is 0.694. The van der Waals surface area contributed by atoms with Crippen LogP contribution < -0.4 is 10.6 Å². The summed E-state index contributed by atoms with van der Waals surface area (Å²) >= 11 is 0. The zero-order valence-corrected chi connectivity index (χ0v) is 8.18. The van der Waals surface area contributed by atoms with Crippen LogP contribution in [0, 0.1) is 11.3 Å². The lowest BCUT2D eigenvalue weighted by Crippen LogP contribution is -2.50. The summed E-state index contributed by atoms with van der Waals surface area (Å²) in [5, 5.41) is 14.7. The summed E-state index contributed by atoms with van der Waals surface area (Å²) in [7, 11) is 0. The van der Waals surface area contributed by atoms with Crippen molar-refractivity contribution in [1.82, 2.24) is 10.6 Å². The molecule has 0 aromatic heterocycles. The maximum absolute atomic E-state index is 11.4. The van der Waals surface area contributed by atoms with E-state index < -0.39 is 5.54 Å². The van der Waals surface area contributed by atoms with Crippen LogP contribution in [0.4, 0.5) is 4.79 Å². The third kappa shape index (κ3) is 1.98. The van der Waals surface area contributed by atoms with Crippen molar-refractivity contribution in [2.24, 2.45) is 0 Å². The highest BCUT2D eigenvalue weighted by atomic mass is 16.2. The molecule has 2 fully saturated rings. The number of carbonyl (C=O) groups is 1. The van der Waals surface area contributed by atoms with Gasteiger partial charge in [0, 0.05) is 6.04 Å². The van der Waals surface area contributed by atoms with Gasteiger partial charge in [0.15, 0.2) is 0 Å². The molecule has 0 bridgehead atoms. The summed E-state index contributed by atoms with van der Waals surface area (Å²) in [4.78, 5) is 11.4. The first-order chi connectivity index (χ1) is 6.74. The van der Waals surface area contributed by atoms with Gasteiger partial charge in [-0.05, 0) is 38.5 Å². The molecule has 0 spiro atoms. The number of hydrogen-bond acceptors (Lipinski definition) is 2. The van der Waals surface area contributed by atoms with Gasteiger partial charge in [-0.15, -0.1) is 0 Å². The number of nitrogens with zero attached hydrogens (tertiary/aromatic N) is 1. The van der Waals surface area contributed by atoms with Crippen molar-refractivity contribution in [2.45, 2.75) is 50.1 Å². The highest BCUT2D eigenvalue weighted by Crippen LogP contribution is 2.29. The van der Waals surface area contributed by atoms with Crippen LogP contribution in [0.1, 0.15) is 38.5 Å². The van der Waals surface area contributed by atoms with Gasteiger partial charge in [-0.25, -0.2) is 4.79 Å². The van der Waals surface area contributed by atoms with Crippen LogP contribution in [-0.4, -0.2) is 17.6 Å². The Hall–Kier alpha value is -1.24. The maximum Gasteiger partial charge on any atom is 0.316 e. The summed E-state index contributed by atoms with van der Waals surface area (Å²) < 4.78 is 0. The van der Waals surface area contributed by atoms with E-state index in [1.807, 2.05) is 0 Å². The van der Waals surface area contributed by atoms with Crippen molar-refractivity contribution >= 4 is 6.03 Å². The largest absolute Gasteiger partial charge is 0.335 e. The molecule has 0 radical (unpaired) electrons. The molecule has 0 aromatic carbocycles. The highest BCUT2D eigenvalue weighted by Gasteiger charge is 2.36. The minimum atomic E-state index is -0.584. The standard InChI is InChI=1S/C10H15N3O/c11-7-10(5-1-2-6-10)13-9(14)12-8-3-4-8/h8H,1-6H2,(H2,12,13,14). The number of hydrogen-bond donors (Lipinski definition) is 2. The van der Waals surface area contributed by atoms with Crippen LogP contribution in [0.2, 0.25) is 0 Å². The van der Waals surface area contributed by atoms with Gasteiger partial charge in [0.1, 0.15) is 5.54 Å². The fourth-order valence-corrected chi connectivity index (χ4v) is 1.91. The van der Waals surface area contributed by atoms with Crippen molar-refractivity contribution in [1.29, 1.82) is 5.26 Å². The van der Waals surface area contributed by atoms with Gasteiger partial charge in [0.05, 0.1) is 6.07 Å². The van der Waals surface area contributed by atoms with E-state index in [1.54, 1.807) is 0 Å². The van der Waals surface area contributed by atoms with Gasteiger partial charge in [0.2, 0.25) is 0 Å². The smallest absolute Gasteiger partial charge is 0.316 e. The molecule has 2 aliphatic rings. The fourth-order valence-electron chi connectivity index (χ4n) is 1.91. The Labute approximate surface area is 83.7 Å². The second-order valence-electron chi connectivity index (χ2n) is 4.27. The Balaban J connectivity index is 1.87. The number of nitriles is 1. The topological polar surface area (TPSA) is 64.9 Å². The van der Waals surface area contributed by atoms with E-state index in [0.29, 0.717) is 6.04 Å². The van der Waals surface area contributed by atoms with Crippen LogP contribution in [0.5, 0.6) is 0 Å². The van der Waals surface area contributed by atoms with Crippen LogP contribution in [0.15, 0.2) is 0 Å². The molecule has 0 saturated heterocycles. The molecule has 2 N–H and O–H groups in total. The lowest BCUT2D eigenvalue weighted by Gasteiger charge is -2.21. The molecular weight excluding hydrogens is 178 g/mol. The lowest BCUT2D eigenvalue weighted by molar-refractivity contribution is 0.232. The average molecular weight is 193 g/mol. The maximum atomic E-state index is 11.4. The first-order valence-corrected chi connectivity index (χ1v) is 5.24.